The lowest BCUT2D eigenvalue weighted by molar-refractivity contribution is 0.0990. The number of carbonyl (C=O) groups is 1. The van der Waals surface area contributed by atoms with E-state index < -0.39 is 0 Å². The zero-order valence-corrected chi connectivity index (χ0v) is 12.7. The van der Waals surface area contributed by atoms with Gasteiger partial charge in [0.2, 0.25) is 0 Å². The number of ether oxygens (including phenoxy) is 1. The zero-order valence-electron chi connectivity index (χ0n) is 10.3. The first-order chi connectivity index (χ1) is 9.10. The van der Waals surface area contributed by atoms with Gasteiger partial charge in [-0.2, -0.15) is 0 Å². The van der Waals surface area contributed by atoms with Gasteiger partial charge in [0.05, 0.1) is 12.7 Å². The minimum absolute atomic E-state index is 0.0201. The number of ketones is 1. The van der Waals surface area contributed by atoms with Gasteiger partial charge in [-0.25, -0.2) is 0 Å². The van der Waals surface area contributed by atoms with Crippen LogP contribution in [0.5, 0.6) is 5.75 Å². The Hall–Kier alpha value is -1.32. The molecule has 0 fully saturated rings. The highest BCUT2D eigenvalue weighted by Crippen LogP contribution is 2.25. The van der Waals surface area contributed by atoms with E-state index in [1.165, 1.54) is 0 Å². The van der Waals surface area contributed by atoms with Crippen LogP contribution in [0.3, 0.4) is 0 Å². The maximum Gasteiger partial charge on any atom is 0.170 e. The van der Waals surface area contributed by atoms with Crippen LogP contribution < -0.4 is 4.74 Å². The molecule has 0 amide bonds. The van der Waals surface area contributed by atoms with Crippen LogP contribution in [0.25, 0.3) is 0 Å². The van der Waals surface area contributed by atoms with Gasteiger partial charge < -0.3 is 4.74 Å². The summed E-state index contributed by atoms with van der Waals surface area (Å²) in [5, 5.41) is 0.664. The lowest BCUT2D eigenvalue weighted by Crippen LogP contribution is -2.05. The largest absolute Gasteiger partial charge is 0.496 e. The summed E-state index contributed by atoms with van der Waals surface area (Å²) in [4.78, 5) is 12.3. The Morgan fingerprint density at radius 1 is 1.21 bits per heavy atom. The van der Waals surface area contributed by atoms with Gasteiger partial charge in [-0.1, -0.05) is 39.7 Å². The van der Waals surface area contributed by atoms with Crippen LogP contribution in [-0.4, -0.2) is 12.9 Å². The van der Waals surface area contributed by atoms with Gasteiger partial charge >= 0.3 is 0 Å². The van der Waals surface area contributed by atoms with E-state index in [0.717, 1.165) is 10.0 Å². The molecule has 4 heteroatoms. The monoisotopic (exact) mass is 338 g/mol. The molecule has 2 nitrogen and oxygen atoms in total. The van der Waals surface area contributed by atoms with Crippen LogP contribution in [0.4, 0.5) is 0 Å². The smallest absolute Gasteiger partial charge is 0.170 e. The summed E-state index contributed by atoms with van der Waals surface area (Å²) in [6, 6.07) is 12.6. The molecular weight excluding hydrogens is 328 g/mol. The zero-order chi connectivity index (χ0) is 13.8. The Kier molecular flexibility index (Phi) is 4.61. The van der Waals surface area contributed by atoms with Crippen LogP contribution in [0.2, 0.25) is 5.02 Å². The highest BCUT2D eigenvalue weighted by molar-refractivity contribution is 9.10. The van der Waals surface area contributed by atoms with Crippen LogP contribution in [-0.2, 0) is 6.42 Å². The van der Waals surface area contributed by atoms with E-state index in [2.05, 4.69) is 15.9 Å². The molecule has 0 aliphatic carbocycles. The third kappa shape index (κ3) is 3.58. The number of hydrogen-bond donors (Lipinski definition) is 0. The van der Waals surface area contributed by atoms with Crippen molar-refractivity contribution in [1.82, 2.24) is 0 Å². The molecule has 0 heterocycles. The van der Waals surface area contributed by atoms with Crippen LogP contribution in [0.1, 0.15) is 15.9 Å². The summed E-state index contributed by atoms with van der Waals surface area (Å²) in [7, 11) is 1.56. The lowest BCUT2D eigenvalue weighted by atomic mass is 10.0. The van der Waals surface area contributed by atoms with Crippen molar-refractivity contribution in [3.8, 4) is 5.75 Å². The van der Waals surface area contributed by atoms with Gasteiger partial charge in [-0.3, -0.25) is 4.79 Å². The van der Waals surface area contributed by atoms with Crippen LogP contribution in [0, 0.1) is 0 Å². The average molecular weight is 340 g/mol. The predicted octanol–water partition coefficient (Wildman–Crippen LogP) is 4.54. The fourth-order valence-electron chi connectivity index (χ4n) is 1.78. The van der Waals surface area contributed by atoms with Gasteiger partial charge in [-0.05, 0) is 35.9 Å². The van der Waals surface area contributed by atoms with E-state index >= 15 is 0 Å². The molecule has 0 atom stereocenters. The van der Waals surface area contributed by atoms with Gasteiger partial charge in [0, 0.05) is 15.9 Å². The summed E-state index contributed by atoms with van der Waals surface area (Å²) >= 11 is 9.18. The highest BCUT2D eigenvalue weighted by Gasteiger charge is 2.13. The van der Waals surface area contributed by atoms with Crippen molar-refractivity contribution in [1.29, 1.82) is 0 Å². The Morgan fingerprint density at radius 2 is 1.89 bits per heavy atom. The first-order valence-electron chi connectivity index (χ1n) is 5.71. The Labute approximate surface area is 125 Å². The second-order valence-corrected chi connectivity index (χ2v) is 5.42. The lowest BCUT2D eigenvalue weighted by Gasteiger charge is -2.08. The number of rotatable bonds is 4. The molecule has 2 rings (SSSR count). The van der Waals surface area contributed by atoms with Crippen molar-refractivity contribution in [3.05, 3.63) is 63.1 Å². The minimum Gasteiger partial charge on any atom is -0.496 e. The highest BCUT2D eigenvalue weighted by atomic mass is 79.9. The molecule has 0 aromatic heterocycles. The van der Waals surface area contributed by atoms with Crippen molar-refractivity contribution < 1.29 is 9.53 Å². The second kappa shape index (κ2) is 6.22. The molecule has 2 aromatic rings. The van der Waals surface area contributed by atoms with Gasteiger partial charge in [-0.15, -0.1) is 0 Å². The molecule has 19 heavy (non-hydrogen) atoms. The van der Waals surface area contributed by atoms with Crippen LogP contribution in [0.15, 0.2) is 46.9 Å². The van der Waals surface area contributed by atoms with E-state index in [9.17, 15) is 4.79 Å². The normalized spacial score (nSPS) is 10.3. The molecule has 0 radical (unpaired) electrons. The van der Waals surface area contributed by atoms with Crippen molar-refractivity contribution in [2.24, 2.45) is 0 Å². The number of hydrogen-bond acceptors (Lipinski definition) is 2. The molecule has 0 saturated carbocycles. The molecule has 2 aromatic carbocycles. The topological polar surface area (TPSA) is 26.3 Å². The van der Waals surface area contributed by atoms with Crippen molar-refractivity contribution >= 4 is 33.3 Å². The van der Waals surface area contributed by atoms with Crippen molar-refractivity contribution in [3.63, 3.8) is 0 Å². The molecule has 0 N–H and O–H groups in total. The third-order valence-corrected chi connectivity index (χ3v) is 3.49. The fraction of sp³-hybridized carbons (Fsp3) is 0.133. The number of Topliss-reactive ketones (excluding diaryl/α,β-unsaturated/α-hetero) is 1. The van der Waals surface area contributed by atoms with Crippen molar-refractivity contribution in [2.45, 2.75) is 6.42 Å². The summed E-state index contributed by atoms with van der Waals surface area (Å²) in [5.74, 6) is 0.597. The third-order valence-electron chi connectivity index (χ3n) is 2.74. The molecule has 0 bridgehead atoms. The second-order valence-electron chi connectivity index (χ2n) is 4.07. The Morgan fingerprint density at radius 3 is 2.53 bits per heavy atom. The van der Waals surface area contributed by atoms with E-state index in [-0.39, 0.29) is 5.78 Å². The maximum atomic E-state index is 12.3. The molecule has 0 aliphatic rings. The fourth-order valence-corrected chi connectivity index (χ4v) is 2.24. The molecule has 0 aliphatic heterocycles. The van der Waals surface area contributed by atoms with Gasteiger partial charge in [0.15, 0.2) is 5.78 Å². The minimum atomic E-state index is 0.0201. The first kappa shape index (κ1) is 14.1. The Balaban J connectivity index is 2.22. The SMILES string of the molecule is COc1cc(Br)ccc1C(=O)Cc1ccc(Cl)cc1. The Bertz CT molecular complexity index is 594. The average Bonchev–Trinajstić information content (AvgIpc) is 2.41. The molecule has 0 spiro atoms. The summed E-state index contributed by atoms with van der Waals surface area (Å²) in [6.45, 7) is 0. The van der Waals surface area contributed by atoms with E-state index in [1.807, 2.05) is 18.2 Å². The first-order valence-corrected chi connectivity index (χ1v) is 6.88. The van der Waals surface area contributed by atoms with Gasteiger partial charge in [0.1, 0.15) is 5.75 Å². The summed E-state index contributed by atoms with van der Waals surface area (Å²) in [5.41, 5.74) is 1.51. The summed E-state index contributed by atoms with van der Waals surface area (Å²) < 4.78 is 6.11. The van der Waals surface area contributed by atoms with Crippen molar-refractivity contribution in [2.75, 3.05) is 7.11 Å². The predicted molar refractivity (Wildman–Crippen MR) is 80.2 cm³/mol. The molecular formula is C15H12BrClO2. The number of methoxy groups -OCH3 is 1. The molecule has 0 unspecified atom stereocenters. The van der Waals surface area contributed by atoms with E-state index in [4.69, 9.17) is 16.3 Å². The van der Waals surface area contributed by atoms with Gasteiger partial charge in [0.25, 0.3) is 0 Å². The number of benzene rings is 2. The molecule has 98 valence electrons. The van der Waals surface area contributed by atoms with E-state index in [0.29, 0.717) is 22.8 Å². The number of carbonyl (C=O) groups excluding carboxylic acids is 1. The summed E-state index contributed by atoms with van der Waals surface area (Å²) in [6.07, 6.45) is 0.329. The quantitative estimate of drug-likeness (QED) is 0.765. The number of halogens is 2. The van der Waals surface area contributed by atoms with Crippen LogP contribution >= 0.6 is 27.5 Å². The van der Waals surface area contributed by atoms with E-state index in [1.54, 1.807) is 31.4 Å². The molecule has 0 saturated heterocycles. The maximum absolute atomic E-state index is 12.3. The standard InChI is InChI=1S/C15H12BrClO2/c1-19-15-9-11(16)4-7-13(15)14(18)8-10-2-5-12(17)6-3-10/h2-7,9H,8H2,1H3.